The number of nitrogens with one attached hydrogen (secondary N) is 1. The van der Waals surface area contributed by atoms with E-state index in [1.54, 1.807) is 24.3 Å². The summed E-state index contributed by atoms with van der Waals surface area (Å²) in [5.74, 6) is -0.519. The fraction of sp³-hybridized carbons (Fsp3) is 0.188. The Balaban J connectivity index is 2.28. The number of carbonyl (C=O) groups is 1. The Kier molecular flexibility index (Phi) is 6.32. The van der Waals surface area contributed by atoms with E-state index in [9.17, 15) is 28.1 Å². The molecule has 0 aliphatic carbocycles. The predicted octanol–water partition coefficient (Wildman–Crippen LogP) is 5.10. The van der Waals surface area contributed by atoms with E-state index in [4.69, 9.17) is 11.6 Å². The molecule has 1 amide bonds. The molecule has 2 aromatic rings. The first-order valence-corrected chi connectivity index (χ1v) is 8.48. The lowest BCUT2D eigenvalue weighted by Gasteiger charge is -2.20. The van der Waals surface area contributed by atoms with Crippen LogP contribution in [0.5, 0.6) is 0 Å². The zero-order valence-electron chi connectivity index (χ0n) is 13.7. The zero-order chi connectivity index (χ0) is 20.4. The average Bonchev–Trinajstić information content (AvgIpc) is 2.55. The van der Waals surface area contributed by atoms with Crippen molar-refractivity contribution in [2.75, 3.05) is 23.8 Å². The molecular weight excluding hydrogens is 455 g/mol. The molecule has 0 atom stereocenters. The van der Waals surface area contributed by atoms with E-state index in [-0.39, 0.29) is 12.2 Å². The van der Waals surface area contributed by atoms with Crippen LogP contribution in [0.2, 0.25) is 5.02 Å². The summed E-state index contributed by atoms with van der Waals surface area (Å²) in [5, 5.41) is 13.1. The van der Waals surface area contributed by atoms with Crippen LogP contribution in [0.3, 0.4) is 0 Å². The monoisotopic (exact) mass is 465 g/mol. The molecule has 0 saturated heterocycles. The summed E-state index contributed by atoms with van der Waals surface area (Å²) in [6.07, 6.45) is -4.84. The van der Waals surface area contributed by atoms with E-state index in [1.165, 1.54) is 7.05 Å². The first-order chi connectivity index (χ1) is 12.5. The van der Waals surface area contributed by atoms with E-state index >= 15 is 0 Å². The minimum Gasteiger partial charge on any atom is -0.360 e. The van der Waals surface area contributed by atoms with E-state index in [1.807, 2.05) is 0 Å². The van der Waals surface area contributed by atoms with Crippen molar-refractivity contribution in [3.63, 3.8) is 0 Å². The van der Waals surface area contributed by atoms with Crippen LogP contribution < -0.4 is 10.2 Å². The van der Waals surface area contributed by atoms with Gasteiger partial charge in [-0.1, -0.05) is 23.7 Å². The maximum atomic E-state index is 12.9. The lowest BCUT2D eigenvalue weighted by molar-refractivity contribution is -0.384. The second kappa shape index (κ2) is 8.13. The fourth-order valence-corrected chi connectivity index (χ4v) is 2.92. The maximum absolute atomic E-state index is 12.9. The molecule has 0 spiro atoms. The number of amides is 1. The van der Waals surface area contributed by atoms with Gasteiger partial charge in [-0.2, -0.15) is 13.2 Å². The number of para-hydroxylation sites is 1. The Morgan fingerprint density at radius 2 is 1.96 bits per heavy atom. The average molecular weight is 467 g/mol. The summed E-state index contributed by atoms with van der Waals surface area (Å²) >= 11 is 8.91. The van der Waals surface area contributed by atoms with E-state index in [0.717, 1.165) is 11.0 Å². The molecule has 1 N–H and O–H groups in total. The summed E-state index contributed by atoms with van der Waals surface area (Å²) in [4.78, 5) is 23.6. The van der Waals surface area contributed by atoms with Gasteiger partial charge in [0.2, 0.25) is 5.91 Å². The summed E-state index contributed by atoms with van der Waals surface area (Å²) in [6.45, 7) is -0.343. The van der Waals surface area contributed by atoms with Gasteiger partial charge in [-0.3, -0.25) is 14.9 Å². The Morgan fingerprint density at radius 3 is 2.52 bits per heavy atom. The van der Waals surface area contributed by atoms with Crippen molar-refractivity contribution in [2.45, 2.75) is 6.18 Å². The van der Waals surface area contributed by atoms with Gasteiger partial charge in [0, 0.05) is 17.6 Å². The van der Waals surface area contributed by atoms with Gasteiger partial charge in [0.1, 0.15) is 5.69 Å². The SMILES string of the molecule is CN(CC(=O)Nc1ccccc1Br)c1cc(Cl)c(C(F)(F)F)cc1[N+](=O)[O-]. The molecule has 0 heterocycles. The number of carbonyl (C=O) groups excluding carboxylic acids is 1. The molecule has 2 rings (SSSR count). The second-order valence-electron chi connectivity index (χ2n) is 5.46. The number of nitro benzene ring substituents is 1. The van der Waals surface area contributed by atoms with Crippen molar-refractivity contribution in [3.8, 4) is 0 Å². The highest BCUT2D eigenvalue weighted by Gasteiger charge is 2.36. The van der Waals surface area contributed by atoms with Crippen LogP contribution in [0.15, 0.2) is 40.9 Å². The largest absolute Gasteiger partial charge is 0.418 e. The smallest absolute Gasteiger partial charge is 0.360 e. The highest BCUT2D eigenvalue weighted by Crippen LogP contribution is 2.41. The van der Waals surface area contributed by atoms with Crippen LogP contribution in [0.1, 0.15) is 5.56 Å². The van der Waals surface area contributed by atoms with Gasteiger partial charge in [0.05, 0.1) is 27.7 Å². The first-order valence-electron chi connectivity index (χ1n) is 7.31. The minimum absolute atomic E-state index is 0.208. The van der Waals surface area contributed by atoms with E-state index < -0.39 is 33.3 Å². The quantitative estimate of drug-likeness (QED) is 0.491. The number of hydrogen-bond acceptors (Lipinski definition) is 4. The molecule has 0 fully saturated rings. The number of hydrogen-bond donors (Lipinski definition) is 1. The van der Waals surface area contributed by atoms with Gasteiger partial charge in [0.25, 0.3) is 5.69 Å². The Labute approximate surface area is 165 Å². The summed E-state index contributed by atoms with van der Waals surface area (Å²) in [5.41, 5.74) is -1.84. The van der Waals surface area contributed by atoms with Crippen molar-refractivity contribution >= 4 is 50.5 Å². The number of anilines is 2. The van der Waals surface area contributed by atoms with Crippen LogP contribution in [0.25, 0.3) is 0 Å². The molecule has 0 bridgehead atoms. The van der Waals surface area contributed by atoms with Gasteiger partial charge in [-0.25, -0.2) is 0 Å². The second-order valence-corrected chi connectivity index (χ2v) is 6.72. The van der Waals surface area contributed by atoms with Crippen LogP contribution in [0.4, 0.5) is 30.2 Å². The fourth-order valence-electron chi connectivity index (χ4n) is 2.27. The van der Waals surface area contributed by atoms with Crippen LogP contribution >= 0.6 is 27.5 Å². The molecule has 0 unspecified atom stereocenters. The predicted molar refractivity (Wildman–Crippen MR) is 99.2 cm³/mol. The van der Waals surface area contributed by atoms with Gasteiger partial charge in [0.15, 0.2) is 0 Å². The Morgan fingerprint density at radius 1 is 1.33 bits per heavy atom. The van der Waals surface area contributed by atoms with E-state index in [2.05, 4.69) is 21.2 Å². The third-order valence-electron chi connectivity index (χ3n) is 3.51. The lowest BCUT2D eigenvalue weighted by Crippen LogP contribution is -2.30. The van der Waals surface area contributed by atoms with Gasteiger partial charge in [-0.05, 0) is 34.1 Å². The third-order valence-corrected chi connectivity index (χ3v) is 4.51. The van der Waals surface area contributed by atoms with Crippen LogP contribution in [-0.4, -0.2) is 24.4 Å². The van der Waals surface area contributed by atoms with Crippen LogP contribution in [0, 0.1) is 10.1 Å². The molecular formula is C16H12BrClF3N3O3. The minimum atomic E-state index is -4.84. The molecule has 144 valence electrons. The third kappa shape index (κ3) is 5.10. The van der Waals surface area contributed by atoms with Crippen molar-refractivity contribution < 1.29 is 22.9 Å². The number of nitro groups is 1. The topological polar surface area (TPSA) is 75.5 Å². The zero-order valence-corrected chi connectivity index (χ0v) is 16.0. The molecule has 0 radical (unpaired) electrons. The maximum Gasteiger partial charge on any atom is 0.418 e. The first kappa shape index (κ1) is 21.0. The van der Waals surface area contributed by atoms with Crippen molar-refractivity contribution in [1.29, 1.82) is 0 Å². The molecule has 0 aliphatic heterocycles. The number of likely N-dealkylation sites (N-methyl/N-ethyl adjacent to an activating group) is 1. The van der Waals surface area contributed by atoms with Gasteiger partial charge in [-0.15, -0.1) is 0 Å². The number of nitrogens with zero attached hydrogens (tertiary/aromatic N) is 2. The summed E-state index contributed by atoms with van der Waals surface area (Å²) in [7, 11) is 1.34. The van der Waals surface area contributed by atoms with E-state index in [0.29, 0.717) is 16.2 Å². The van der Waals surface area contributed by atoms with Gasteiger partial charge < -0.3 is 10.2 Å². The summed E-state index contributed by atoms with van der Waals surface area (Å²) in [6, 6.07) is 7.98. The number of benzene rings is 2. The number of alkyl halides is 3. The molecule has 27 heavy (non-hydrogen) atoms. The molecule has 0 aromatic heterocycles. The normalized spacial score (nSPS) is 11.2. The number of halogens is 5. The molecule has 6 nitrogen and oxygen atoms in total. The Hall–Kier alpha value is -2.33. The lowest BCUT2D eigenvalue weighted by atomic mass is 10.1. The van der Waals surface area contributed by atoms with Crippen molar-refractivity contribution in [1.82, 2.24) is 0 Å². The van der Waals surface area contributed by atoms with Crippen LogP contribution in [-0.2, 0) is 11.0 Å². The summed E-state index contributed by atoms with van der Waals surface area (Å²) < 4.78 is 39.4. The molecule has 0 aliphatic rings. The molecule has 2 aromatic carbocycles. The highest BCUT2D eigenvalue weighted by molar-refractivity contribution is 9.10. The van der Waals surface area contributed by atoms with Crippen molar-refractivity contribution in [2.24, 2.45) is 0 Å². The molecule has 0 saturated carbocycles. The Bertz CT molecular complexity index is 893. The van der Waals surface area contributed by atoms with Gasteiger partial charge >= 0.3 is 6.18 Å². The highest BCUT2D eigenvalue weighted by atomic mass is 79.9. The molecule has 11 heteroatoms. The van der Waals surface area contributed by atoms with Crippen molar-refractivity contribution in [3.05, 3.63) is 61.6 Å². The standard InChI is InChI=1S/C16H12BrClF3N3O3/c1-23(8-15(25)22-12-5-3-2-4-10(12)17)13-7-11(18)9(16(19,20)21)6-14(13)24(26)27/h2-7H,8H2,1H3,(H,22,25). The number of rotatable bonds is 5.